The van der Waals surface area contributed by atoms with E-state index in [4.69, 9.17) is 21.6 Å². The van der Waals surface area contributed by atoms with E-state index in [0.29, 0.717) is 17.2 Å². The summed E-state index contributed by atoms with van der Waals surface area (Å²) in [6.45, 7) is 1.80. The zero-order valence-electron chi connectivity index (χ0n) is 9.44. The highest BCUT2D eigenvalue weighted by molar-refractivity contribution is 6.32. The molecule has 1 atom stereocenters. The van der Waals surface area contributed by atoms with E-state index in [-0.39, 0.29) is 12.5 Å². The predicted octanol–water partition coefficient (Wildman–Crippen LogP) is 2.14. The van der Waals surface area contributed by atoms with Crippen molar-refractivity contribution in [2.75, 3.05) is 6.54 Å². The van der Waals surface area contributed by atoms with Gasteiger partial charge in [-0.25, -0.2) is 0 Å². The first-order valence-corrected chi connectivity index (χ1v) is 5.62. The molecular formula is C12H13ClN2O2. The molecule has 1 rings (SSSR count). The zero-order chi connectivity index (χ0) is 12.7. The lowest BCUT2D eigenvalue weighted by atomic mass is 10.2. The van der Waals surface area contributed by atoms with Crippen LogP contribution in [0.25, 0.3) is 0 Å². The summed E-state index contributed by atoms with van der Waals surface area (Å²) in [4.78, 5) is 11.6. The molecule has 0 fully saturated rings. The summed E-state index contributed by atoms with van der Waals surface area (Å²) in [6.07, 6.45) is -0.133. The van der Waals surface area contributed by atoms with Crippen LogP contribution >= 0.6 is 11.6 Å². The van der Waals surface area contributed by atoms with Gasteiger partial charge in [0.05, 0.1) is 11.1 Å². The fraction of sp³-hybridized carbons (Fsp3) is 0.333. The summed E-state index contributed by atoms with van der Waals surface area (Å²) in [5.41, 5.74) is 0. The molecule has 1 amide bonds. The van der Waals surface area contributed by atoms with Crippen molar-refractivity contribution in [3.8, 4) is 11.8 Å². The number of benzene rings is 1. The van der Waals surface area contributed by atoms with Crippen molar-refractivity contribution >= 4 is 17.5 Å². The molecule has 0 aliphatic heterocycles. The molecule has 0 radical (unpaired) electrons. The molecule has 0 saturated carbocycles. The molecule has 0 spiro atoms. The highest BCUT2D eigenvalue weighted by atomic mass is 35.5. The molecule has 1 N–H and O–H groups in total. The molecule has 17 heavy (non-hydrogen) atoms. The monoisotopic (exact) mass is 252 g/mol. The third kappa shape index (κ3) is 3.97. The molecule has 0 aliphatic rings. The van der Waals surface area contributed by atoms with Gasteiger partial charge >= 0.3 is 0 Å². The standard InChI is InChI=1S/C12H13ClN2O2/c1-2-10(12(16)15-8-7-14)17-11-6-4-3-5-9(11)13/h3-6,10H,2,8H2,1H3,(H,15,16)/t10-/m1/s1. The second kappa shape index (κ2) is 6.77. The van der Waals surface area contributed by atoms with Gasteiger partial charge in [0, 0.05) is 0 Å². The van der Waals surface area contributed by atoms with Crippen LogP contribution in [0.15, 0.2) is 24.3 Å². The zero-order valence-corrected chi connectivity index (χ0v) is 10.2. The van der Waals surface area contributed by atoms with Gasteiger partial charge in [0.25, 0.3) is 5.91 Å². The van der Waals surface area contributed by atoms with Gasteiger partial charge in [-0.1, -0.05) is 30.7 Å². The van der Waals surface area contributed by atoms with Crippen molar-refractivity contribution in [3.05, 3.63) is 29.3 Å². The van der Waals surface area contributed by atoms with Crippen LogP contribution in [0.2, 0.25) is 5.02 Å². The van der Waals surface area contributed by atoms with Gasteiger partial charge in [0.2, 0.25) is 0 Å². The summed E-state index contributed by atoms with van der Waals surface area (Å²) < 4.78 is 5.50. The quantitative estimate of drug-likeness (QED) is 0.817. The van der Waals surface area contributed by atoms with E-state index >= 15 is 0 Å². The van der Waals surface area contributed by atoms with Gasteiger partial charge in [-0.3, -0.25) is 4.79 Å². The highest BCUT2D eigenvalue weighted by Gasteiger charge is 2.18. The molecule has 0 heterocycles. The lowest BCUT2D eigenvalue weighted by Gasteiger charge is -2.17. The maximum atomic E-state index is 11.6. The van der Waals surface area contributed by atoms with Crippen LogP contribution in [0.3, 0.4) is 0 Å². The van der Waals surface area contributed by atoms with E-state index in [1.165, 1.54) is 0 Å². The van der Waals surface area contributed by atoms with Gasteiger partial charge < -0.3 is 10.1 Å². The Bertz CT molecular complexity index is 429. The molecule has 1 aromatic rings. The summed E-state index contributed by atoms with van der Waals surface area (Å²) in [6, 6.07) is 8.79. The number of nitriles is 1. The Morgan fingerprint density at radius 1 is 1.59 bits per heavy atom. The van der Waals surface area contributed by atoms with E-state index in [9.17, 15) is 4.79 Å². The number of hydrogen-bond donors (Lipinski definition) is 1. The molecular weight excluding hydrogens is 240 g/mol. The van der Waals surface area contributed by atoms with Crippen LogP contribution in [-0.2, 0) is 4.79 Å². The average molecular weight is 253 g/mol. The van der Waals surface area contributed by atoms with Crippen molar-refractivity contribution < 1.29 is 9.53 Å². The Morgan fingerprint density at radius 2 is 2.29 bits per heavy atom. The lowest BCUT2D eigenvalue weighted by molar-refractivity contribution is -0.127. The number of halogens is 1. The normalized spacial score (nSPS) is 11.4. The van der Waals surface area contributed by atoms with Crippen LogP contribution in [0.5, 0.6) is 5.75 Å². The molecule has 5 heteroatoms. The van der Waals surface area contributed by atoms with Crippen molar-refractivity contribution in [1.82, 2.24) is 5.32 Å². The molecule has 0 bridgehead atoms. The van der Waals surface area contributed by atoms with E-state index in [2.05, 4.69) is 5.32 Å². The summed E-state index contributed by atoms with van der Waals surface area (Å²) in [7, 11) is 0. The van der Waals surface area contributed by atoms with E-state index in [1.54, 1.807) is 24.3 Å². The number of hydrogen-bond acceptors (Lipinski definition) is 3. The van der Waals surface area contributed by atoms with Crippen LogP contribution < -0.4 is 10.1 Å². The fourth-order valence-corrected chi connectivity index (χ4v) is 1.44. The first kappa shape index (κ1) is 13.3. The van der Waals surface area contributed by atoms with E-state index in [1.807, 2.05) is 13.0 Å². The first-order valence-electron chi connectivity index (χ1n) is 5.25. The maximum Gasteiger partial charge on any atom is 0.261 e. The van der Waals surface area contributed by atoms with Crippen molar-refractivity contribution in [2.45, 2.75) is 19.4 Å². The number of nitrogens with one attached hydrogen (secondary N) is 1. The van der Waals surface area contributed by atoms with Gasteiger partial charge in [-0.2, -0.15) is 5.26 Å². The van der Waals surface area contributed by atoms with Gasteiger partial charge in [0.15, 0.2) is 6.10 Å². The molecule has 90 valence electrons. The molecule has 0 saturated heterocycles. The topological polar surface area (TPSA) is 62.1 Å². The third-order valence-electron chi connectivity index (χ3n) is 2.11. The summed E-state index contributed by atoms with van der Waals surface area (Å²) >= 11 is 5.93. The minimum atomic E-state index is -0.636. The summed E-state index contributed by atoms with van der Waals surface area (Å²) in [5, 5.41) is 11.3. The minimum Gasteiger partial charge on any atom is -0.479 e. The third-order valence-corrected chi connectivity index (χ3v) is 2.42. The highest BCUT2D eigenvalue weighted by Crippen LogP contribution is 2.24. The number of ether oxygens (including phenoxy) is 1. The van der Waals surface area contributed by atoms with Gasteiger partial charge in [0.1, 0.15) is 12.3 Å². The molecule has 0 aliphatic carbocycles. The van der Waals surface area contributed by atoms with Crippen molar-refractivity contribution in [2.24, 2.45) is 0 Å². The molecule has 0 aromatic heterocycles. The Labute approximate surface area is 105 Å². The SMILES string of the molecule is CC[C@@H](Oc1ccccc1Cl)C(=O)NCC#N. The van der Waals surface area contributed by atoms with Crippen LogP contribution in [-0.4, -0.2) is 18.6 Å². The largest absolute Gasteiger partial charge is 0.479 e. The Morgan fingerprint density at radius 3 is 2.88 bits per heavy atom. The van der Waals surface area contributed by atoms with Crippen LogP contribution in [0, 0.1) is 11.3 Å². The first-order chi connectivity index (χ1) is 8.19. The van der Waals surface area contributed by atoms with Crippen molar-refractivity contribution in [3.63, 3.8) is 0 Å². The second-order valence-electron chi connectivity index (χ2n) is 3.32. The number of amides is 1. The van der Waals surface area contributed by atoms with Crippen molar-refractivity contribution in [1.29, 1.82) is 5.26 Å². The number of rotatable bonds is 5. The predicted molar refractivity (Wildman–Crippen MR) is 64.8 cm³/mol. The molecule has 4 nitrogen and oxygen atoms in total. The number of carbonyl (C=O) groups excluding carboxylic acids is 1. The minimum absolute atomic E-state index is 0.0266. The van der Waals surface area contributed by atoms with E-state index in [0.717, 1.165) is 0 Å². The van der Waals surface area contributed by atoms with Crippen LogP contribution in [0.4, 0.5) is 0 Å². The second-order valence-corrected chi connectivity index (χ2v) is 3.73. The fourth-order valence-electron chi connectivity index (χ4n) is 1.26. The maximum absolute atomic E-state index is 11.6. The number of para-hydroxylation sites is 1. The van der Waals surface area contributed by atoms with Gasteiger partial charge in [-0.05, 0) is 18.6 Å². The van der Waals surface area contributed by atoms with Gasteiger partial charge in [-0.15, -0.1) is 0 Å². The van der Waals surface area contributed by atoms with Crippen LogP contribution in [0.1, 0.15) is 13.3 Å². The summed E-state index contributed by atoms with van der Waals surface area (Å²) in [5.74, 6) is 0.155. The molecule has 0 unspecified atom stereocenters. The smallest absolute Gasteiger partial charge is 0.261 e. The number of nitrogens with zero attached hydrogens (tertiary/aromatic N) is 1. The number of carbonyl (C=O) groups is 1. The molecule has 1 aromatic carbocycles. The average Bonchev–Trinajstić information content (AvgIpc) is 2.35. The van der Waals surface area contributed by atoms with E-state index < -0.39 is 6.10 Å². The Hall–Kier alpha value is -1.73. The Balaban J connectivity index is 2.67. The lowest BCUT2D eigenvalue weighted by Crippen LogP contribution is -2.38. The Kier molecular flexibility index (Phi) is 5.31.